The minimum absolute atomic E-state index is 0.238. The van der Waals surface area contributed by atoms with Crippen molar-refractivity contribution in [1.82, 2.24) is 14.5 Å². The first-order chi connectivity index (χ1) is 15.5. The van der Waals surface area contributed by atoms with Gasteiger partial charge < -0.3 is 20.4 Å². The van der Waals surface area contributed by atoms with E-state index in [9.17, 15) is 0 Å². The molecule has 0 aliphatic heterocycles. The quantitative estimate of drug-likeness (QED) is 0.404. The number of hydrogen-bond acceptors (Lipinski definition) is 4. The molecule has 4 rings (SSSR count). The molecule has 0 unspecified atom stereocenters. The number of nitrogens with one attached hydrogen (secondary N) is 1. The highest BCUT2D eigenvalue weighted by Crippen LogP contribution is 2.28. The van der Waals surface area contributed by atoms with Crippen molar-refractivity contribution in [3.8, 4) is 17.0 Å². The SMILES string of the molecule is CC[C@@H]([NH3+])COc1cc(NCc2ccc(-c3ccccc3)cc2)c2ncn(C(C)C)c2n1. The smallest absolute Gasteiger partial charge is 0.217 e. The maximum absolute atomic E-state index is 5.97. The van der Waals surface area contributed by atoms with Crippen LogP contribution < -0.4 is 15.8 Å². The molecule has 0 fully saturated rings. The van der Waals surface area contributed by atoms with Gasteiger partial charge in [0.15, 0.2) is 5.65 Å². The predicted molar refractivity (Wildman–Crippen MR) is 130 cm³/mol. The molecule has 0 spiro atoms. The third kappa shape index (κ3) is 4.92. The molecule has 0 saturated heterocycles. The van der Waals surface area contributed by atoms with Crippen LogP contribution in [0.2, 0.25) is 0 Å². The molecule has 6 nitrogen and oxygen atoms in total. The van der Waals surface area contributed by atoms with Crippen LogP contribution in [0.15, 0.2) is 67.0 Å². The van der Waals surface area contributed by atoms with E-state index in [4.69, 9.17) is 9.72 Å². The van der Waals surface area contributed by atoms with Crippen molar-refractivity contribution in [1.29, 1.82) is 0 Å². The number of quaternary nitrogens is 1. The van der Waals surface area contributed by atoms with E-state index in [1.165, 1.54) is 16.7 Å². The lowest BCUT2D eigenvalue weighted by molar-refractivity contribution is -0.424. The highest BCUT2D eigenvalue weighted by molar-refractivity contribution is 5.86. The van der Waals surface area contributed by atoms with Gasteiger partial charge in [0.2, 0.25) is 5.88 Å². The highest BCUT2D eigenvalue weighted by Gasteiger charge is 2.15. The number of nitrogens with zero attached hydrogens (tertiary/aromatic N) is 3. The molecule has 0 aliphatic rings. The molecule has 166 valence electrons. The molecule has 0 amide bonds. The van der Waals surface area contributed by atoms with Gasteiger partial charge in [-0.05, 0) is 37.0 Å². The lowest BCUT2D eigenvalue weighted by Gasteiger charge is -2.13. The predicted octanol–water partition coefficient (Wildman–Crippen LogP) is 4.69. The Morgan fingerprint density at radius 2 is 1.75 bits per heavy atom. The normalized spacial score (nSPS) is 12.3. The van der Waals surface area contributed by atoms with Crippen LogP contribution in [0.25, 0.3) is 22.3 Å². The number of aromatic nitrogens is 3. The molecule has 0 bridgehead atoms. The Labute approximate surface area is 189 Å². The van der Waals surface area contributed by atoms with Gasteiger partial charge >= 0.3 is 0 Å². The first kappa shape index (κ1) is 21.8. The van der Waals surface area contributed by atoms with Crippen LogP contribution in [0.4, 0.5) is 5.69 Å². The minimum Gasteiger partial charge on any atom is -0.471 e. The van der Waals surface area contributed by atoms with Crippen molar-refractivity contribution >= 4 is 16.9 Å². The molecule has 4 aromatic rings. The summed E-state index contributed by atoms with van der Waals surface area (Å²) >= 11 is 0. The van der Waals surface area contributed by atoms with Crippen LogP contribution in [0, 0.1) is 0 Å². The van der Waals surface area contributed by atoms with E-state index in [1.807, 2.05) is 18.5 Å². The van der Waals surface area contributed by atoms with Crippen LogP contribution in [-0.2, 0) is 6.54 Å². The summed E-state index contributed by atoms with van der Waals surface area (Å²) in [4.78, 5) is 9.36. The molecule has 0 radical (unpaired) electrons. The lowest BCUT2D eigenvalue weighted by Crippen LogP contribution is -2.63. The Morgan fingerprint density at radius 1 is 1.03 bits per heavy atom. The Balaban J connectivity index is 1.56. The molecule has 2 aromatic carbocycles. The molecule has 32 heavy (non-hydrogen) atoms. The Hall–Kier alpha value is -3.38. The maximum Gasteiger partial charge on any atom is 0.217 e. The van der Waals surface area contributed by atoms with E-state index in [0.717, 1.165) is 23.3 Å². The average Bonchev–Trinajstić information content (AvgIpc) is 3.26. The fraction of sp³-hybridized carbons (Fsp3) is 0.308. The van der Waals surface area contributed by atoms with E-state index in [0.29, 0.717) is 19.0 Å². The van der Waals surface area contributed by atoms with Crippen LogP contribution in [0.5, 0.6) is 5.88 Å². The van der Waals surface area contributed by atoms with Crippen molar-refractivity contribution in [2.45, 2.75) is 45.8 Å². The van der Waals surface area contributed by atoms with Crippen LogP contribution >= 0.6 is 0 Å². The molecule has 0 aliphatic carbocycles. The maximum atomic E-state index is 5.97. The summed E-state index contributed by atoms with van der Waals surface area (Å²) in [5.41, 5.74) is 10.4. The van der Waals surface area contributed by atoms with Gasteiger partial charge in [-0.3, -0.25) is 0 Å². The summed E-state index contributed by atoms with van der Waals surface area (Å²) in [7, 11) is 0. The summed E-state index contributed by atoms with van der Waals surface area (Å²) in [5, 5.41) is 3.55. The third-order valence-corrected chi connectivity index (χ3v) is 5.65. The highest BCUT2D eigenvalue weighted by atomic mass is 16.5. The summed E-state index contributed by atoms with van der Waals surface area (Å²) in [5.74, 6) is 0.601. The number of ether oxygens (including phenoxy) is 1. The topological polar surface area (TPSA) is 79.6 Å². The minimum atomic E-state index is 0.238. The standard InChI is InChI=1S/C26H31N5O/c1-4-22(27)16-32-24-14-23(25-26(30-24)31(17-29-25)18(2)3)28-15-19-10-12-21(13-11-19)20-8-6-5-7-9-20/h5-14,17-18,22H,4,15-16,27H2,1-3H3,(H,28,30)/p+1/t22-/m1/s1. The fourth-order valence-corrected chi connectivity index (χ4v) is 3.53. The molecule has 2 aromatic heterocycles. The van der Waals surface area contributed by atoms with Gasteiger partial charge in [0.1, 0.15) is 18.2 Å². The zero-order chi connectivity index (χ0) is 22.5. The fourth-order valence-electron chi connectivity index (χ4n) is 3.53. The third-order valence-electron chi connectivity index (χ3n) is 5.65. The molecule has 2 heterocycles. The first-order valence-corrected chi connectivity index (χ1v) is 11.3. The summed E-state index contributed by atoms with van der Waals surface area (Å²) in [6.07, 6.45) is 2.82. The molecular formula is C26H32N5O+. The Kier molecular flexibility index (Phi) is 6.71. The zero-order valence-corrected chi connectivity index (χ0v) is 19.1. The largest absolute Gasteiger partial charge is 0.471 e. The Morgan fingerprint density at radius 3 is 2.44 bits per heavy atom. The number of hydrogen-bond donors (Lipinski definition) is 2. The number of benzene rings is 2. The van der Waals surface area contributed by atoms with E-state index in [-0.39, 0.29) is 12.1 Å². The van der Waals surface area contributed by atoms with E-state index >= 15 is 0 Å². The number of anilines is 1. The van der Waals surface area contributed by atoms with Crippen molar-refractivity contribution in [2.24, 2.45) is 0 Å². The molecular weight excluding hydrogens is 398 g/mol. The number of imidazole rings is 1. The van der Waals surface area contributed by atoms with Crippen molar-refractivity contribution in [2.75, 3.05) is 11.9 Å². The van der Waals surface area contributed by atoms with Crippen molar-refractivity contribution < 1.29 is 10.5 Å². The summed E-state index contributed by atoms with van der Waals surface area (Å²) in [6.45, 7) is 7.60. The van der Waals surface area contributed by atoms with Gasteiger partial charge in [0.25, 0.3) is 0 Å². The van der Waals surface area contributed by atoms with Gasteiger partial charge in [-0.15, -0.1) is 0 Å². The van der Waals surface area contributed by atoms with E-state index < -0.39 is 0 Å². The van der Waals surface area contributed by atoms with Gasteiger partial charge in [-0.1, -0.05) is 61.5 Å². The van der Waals surface area contributed by atoms with Crippen LogP contribution in [-0.4, -0.2) is 27.2 Å². The molecule has 1 atom stereocenters. The van der Waals surface area contributed by atoms with Crippen LogP contribution in [0.3, 0.4) is 0 Å². The molecule has 0 saturated carbocycles. The van der Waals surface area contributed by atoms with Gasteiger partial charge in [0.05, 0.1) is 12.0 Å². The van der Waals surface area contributed by atoms with Crippen LogP contribution in [0.1, 0.15) is 38.8 Å². The van der Waals surface area contributed by atoms with Gasteiger partial charge in [-0.25, -0.2) is 4.98 Å². The first-order valence-electron chi connectivity index (χ1n) is 11.3. The summed E-state index contributed by atoms with van der Waals surface area (Å²) in [6, 6.07) is 21.5. The van der Waals surface area contributed by atoms with Crippen molar-refractivity contribution in [3.63, 3.8) is 0 Å². The number of rotatable bonds is 9. The average molecular weight is 431 g/mol. The van der Waals surface area contributed by atoms with Gasteiger partial charge in [0, 0.05) is 18.7 Å². The zero-order valence-electron chi connectivity index (χ0n) is 19.1. The Bertz CT molecular complexity index is 1150. The second-order valence-electron chi connectivity index (χ2n) is 8.43. The molecule has 6 heteroatoms. The molecule has 4 N–H and O–H groups in total. The van der Waals surface area contributed by atoms with E-state index in [1.54, 1.807) is 0 Å². The second-order valence-corrected chi connectivity index (χ2v) is 8.43. The monoisotopic (exact) mass is 430 g/mol. The van der Waals surface area contributed by atoms with Gasteiger partial charge in [-0.2, -0.15) is 4.98 Å². The van der Waals surface area contributed by atoms with E-state index in [2.05, 4.69) is 89.9 Å². The van der Waals surface area contributed by atoms with Crippen molar-refractivity contribution in [3.05, 3.63) is 72.6 Å². The lowest BCUT2D eigenvalue weighted by atomic mass is 10.0. The number of fused-ring (bicyclic) bond motifs is 1. The second kappa shape index (κ2) is 9.83. The number of pyridine rings is 1. The summed E-state index contributed by atoms with van der Waals surface area (Å²) < 4.78 is 8.05.